The lowest BCUT2D eigenvalue weighted by Gasteiger charge is -2.44. The summed E-state index contributed by atoms with van der Waals surface area (Å²) >= 11 is 0. The number of likely N-dealkylation sites (N-methyl/N-ethyl adjacent to an activating group) is 2. The highest BCUT2D eigenvalue weighted by molar-refractivity contribution is 5.93. The number of nitrogens with zero attached hydrogens (tertiary/aromatic N) is 5. The molecular formula is C24H35N5O8. The summed E-state index contributed by atoms with van der Waals surface area (Å²) in [6, 6.07) is 4.08. The van der Waals surface area contributed by atoms with Crippen LogP contribution in [0.25, 0.3) is 0 Å². The third-order valence-electron chi connectivity index (χ3n) is 5.34. The van der Waals surface area contributed by atoms with Crippen molar-refractivity contribution in [2.45, 2.75) is 25.8 Å². The second-order valence-electron chi connectivity index (χ2n) is 9.27. The molecule has 1 aromatic rings. The first kappa shape index (κ1) is 29.5. The Hall–Kier alpha value is -3.71. The van der Waals surface area contributed by atoms with Crippen LogP contribution in [0.5, 0.6) is 5.75 Å². The summed E-state index contributed by atoms with van der Waals surface area (Å²) in [6.07, 6.45) is 1.82. The molecule has 13 nitrogen and oxygen atoms in total. The molecule has 1 aliphatic heterocycles. The van der Waals surface area contributed by atoms with E-state index in [4.69, 9.17) is 14.2 Å². The molecule has 204 valence electrons. The van der Waals surface area contributed by atoms with Gasteiger partial charge in [-0.05, 0) is 54.2 Å². The molecule has 0 saturated carbocycles. The maximum absolute atomic E-state index is 14.0. The minimum absolute atomic E-state index is 0.144. The van der Waals surface area contributed by atoms with Crippen LogP contribution in [0.15, 0.2) is 36.4 Å². The Balaban J connectivity index is 2.46. The van der Waals surface area contributed by atoms with Gasteiger partial charge in [-0.2, -0.15) is 0 Å². The van der Waals surface area contributed by atoms with E-state index in [1.165, 1.54) is 29.2 Å². The Bertz CT molecular complexity index is 961. The number of hydrogen-bond donors (Lipinski definition) is 0. The monoisotopic (exact) mass is 521 g/mol. The van der Waals surface area contributed by atoms with Gasteiger partial charge in [0.2, 0.25) is 0 Å². The number of nitro benzene ring substituents is 1. The molecule has 0 saturated heterocycles. The van der Waals surface area contributed by atoms with Crippen LogP contribution < -0.4 is 4.74 Å². The van der Waals surface area contributed by atoms with Crippen LogP contribution in [-0.2, 0) is 19.1 Å². The number of esters is 2. The number of carbonyl (C=O) groups excluding carboxylic acids is 3. The van der Waals surface area contributed by atoms with E-state index >= 15 is 0 Å². The third-order valence-corrected chi connectivity index (χ3v) is 5.34. The highest BCUT2D eigenvalue weighted by Gasteiger charge is 2.52. The largest absolute Gasteiger partial charge is 0.483 e. The van der Waals surface area contributed by atoms with E-state index in [-0.39, 0.29) is 11.4 Å². The van der Waals surface area contributed by atoms with Gasteiger partial charge in [0.25, 0.3) is 5.69 Å². The van der Waals surface area contributed by atoms with Crippen LogP contribution >= 0.6 is 0 Å². The summed E-state index contributed by atoms with van der Waals surface area (Å²) in [4.78, 5) is 56.0. The molecule has 1 heterocycles. The lowest BCUT2D eigenvalue weighted by molar-refractivity contribution is -0.384. The van der Waals surface area contributed by atoms with Gasteiger partial charge in [0.15, 0.2) is 6.61 Å². The lowest BCUT2D eigenvalue weighted by Crippen LogP contribution is -2.65. The number of urea groups is 1. The number of carbonyl (C=O) groups is 3. The maximum Gasteiger partial charge on any atom is 0.382 e. The molecule has 0 fully saturated rings. The summed E-state index contributed by atoms with van der Waals surface area (Å²) in [5, 5.41) is 11.0. The fraction of sp³-hybridized carbons (Fsp3) is 0.542. The minimum Gasteiger partial charge on any atom is -0.483 e. The topological polar surface area (TPSA) is 135 Å². The van der Waals surface area contributed by atoms with Crippen molar-refractivity contribution in [3.63, 3.8) is 0 Å². The van der Waals surface area contributed by atoms with Crippen molar-refractivity contribution in [2.24, 2.45) is 0 Å². The molecule has 13 heteroatoms. The maximum atomic E-state index is 14.0. The number of ether oxygens (including phenoxy) is 3. The van der Waals surface area contributed by atoms with Crippen LogP contribution in [0.4, 0.5) is 10.5 Å². The number of nitro groups is 1. The molecule has 0 unspecified atom stereocenters. The fourth-order valence-corrected chi connectivity index (χ4v) is 3.46. The SMILES string of the molecule is CC(C)N(C(=O)N(CCN(C)C)CCN(C)C)C1(COc2ccc([N+](=O)[O-])cc2)OC(=O)C=CC(=O)O1. The summed E-state index contributed by atoms with van der Waals surface area (Å²) in [5.74, 6) is -3.85. The van der Waals surface area contributed by atoms with Crippen molar-refractivity contribution in [3.05, 3.63) is 46.5 Å². The molecule has 0 aliphatic carbocycles. The first-order valence-electron chi connectivity index (χ1n) is 11.7. The number of benzene rings is 1. The average molecular weight is 522 g/mol. The Morgan fingerprint density at radius 3 is 1.84 bits per heavy atom. The number of rotatable bonds is 12. The second kappa shape index (κ2) is 13.0. The molecule has 0 aromatic heterocycles. The van der Waals surface area contributed by atoms with Crippen LogP contribution in [0.1, 0.15) is 13.8 Å². The van der Waals surface area contributed by atoms with Gasteiger partial charge in [0.1, 0.15) is 5.75 Å². The molecule has 0 spiro atoms. The minimum atomic E-state index is -2.24. The normalized spacial score (nSPS) is 14.8. The summed E-state index contributed by atoms with van der Waals surface area (Å²) < 4.78 is 16.9. The number of non-ortho nitro benzene ring substituents is 1. The standard InChI is InChI=1S/C24H35N5O8/c1-18(2)28(23(32)27(15-13-25(3)4)16-14-26(5)6)24(36-21(30)11-12-22(31)37-24)17-35-20-9-7-19(8-10-20)29(33)34/h7-12,18H,13-17H2,1-6H3. The van der Waals surface area contributed by atoms with E-state index in [1.807, 2.05) is 38.0 Å². The van der Waals surface area contributed by atoms with E-state index in [9.17, 15) is 24.5 Å². The molecule has 2 rings (SSSR count). The second-order valence-corrected chi connectivity index (χ2v) is 9.27. The molecular weight excluding hydrogens is 486 g/mol. The van der Waals surface area contributed by atoms with Gasteiger partial charge in [-0.1, -0.05) is 0 Å². The van der Waals surface area contributed by atoms with E-state index in [0.29, 0.717) is 26.2 Å². The number of cyclic esters (lactones) is 2. The average Bonchev–Trinajstić information content (AvgIpc) is 2.95. The molecule has 1 aliphatic rings. The Kier molecular flexibility index (Phi) is 10.4. The van der Waals surface area contributed by atoms with Gasteiger partial charge >= 0.3 is 23.9 Å². The lowest BCUT2D eigenvalue weighted by atomic mass is 10.2. The predicted octanol–water partition coefficient (Wildman–Crippen LogP) is 1.54. The fourth-order valence-electron chi connectivity index (χ4n) is 3.46. The van der Waals surface area contributed by atoms with Crippen molar-refractivity contribution in [1.82, 2.24) is 19.6 Å². The highest BCUT2D eigenvalue weighted by Crippen LogP contribution is 2.29. The van der Waals surface area contributed by atoms with E-state index in [0.717, 1.165) is 12.2 Å². The van der Waals surface area contributed by atoms with Crippen LogP contribution in [0.2, 0.25) is 0 Å². The van der Waals surface area contributed by atoms with Gasteiger partial charge in [-0.15, -0.1) is 0 Å². The smallest absolute Gasteiger partial charge is 0.382 e. The van der Waals surface area contributed by atoms with Crippen molar-refractivity contribution >= 4 is 23.7 Å². The predicted molar refractivity (Wildman–Crippen MR) is 134 cm³/mol. The van der Waals surface area contributed by atoms with E-state index in [1.54, 1.807) is 18.7 Å². The molecule has 0 radical (unpaired) electrons. The quantitative estimate of drug-likeness (QED) is 0.226. The summed E-state index contributed by atoms with van der Waals surface area (Å²) in [7, 11) is 7.54. The van der Waals surface area contributed by atoms with Crippen molar-refractivity contribution < 1.29 is 33.5 Å². The van der Waals surface area contributed by atoms with Crippen molar-refractivity contribution in [2.75, 3.05) is 61.0 Å². The number of amides is 2. The Labute approximate surface area is 216 Å². The Morgan fingerprint density at radius 1 is 0.946 bits per heavy atom. The van der Waals surface area contributed by atoms with Gasteiger partial charge in [0, 0.05) is 56.5 Å². The first-order valence-corrected chi connectivity index (χ1v) is 11.7. The molecule has 0 bridgehead atoms. The summed E-state index contributed by atoms with van der Waals surface area (Å²) in [5.41, 5.74) is -0.144. The number of hydrogen-bond acceptors (Lipinski definition) is 10. The third kappa shape index (κ3) is 8.43. The van der Waals surface area contributed by atoms with Gasteiger partial charge in [-0.3, -0.25) is 10.1 Å². The zero-order chi connectivity index (χ0) is 27.8. The van der Waals surface area contributed by atoms with Gasteiger partial charge < -0.3 is 28.9 Å². The van der Waals surface area contributed by atoms with Gasteiger partial charge in [-0.25, -0.2) is 19.3 Å². The summed E-state index contributed by atoms with van der Waals surface area (Å²) in [6.45, 7) is 4.69. The van der Waals surface area contributed by atoms with E-state index in [2.05, 4.69) is 0 Å². The van der Waals surface area contributed by atoms with Crippen molar-refractivity contribution in [3.8, 4) is 5.75 Å². The molecule has 0 N–H and O–H groups in total. The van der Waals surface area contributed by atoms with E-state index < -0.39 is 41.5 Å². The van der Waals surface area contributed by atoms with Gasteiger partial charge in [0.05, 0.1) is 4.92 Å². The molecule has 2 amide bonds. The highest BCUT2D eigenvalue weighted by atomic mass is 16.8. The Morgan fingerprint density at radius 2 is 1.43 bits per heavy atom. The molecule has 1 aromatic carbocycles. The zero-order valence-electron chi connectivity index (χ0n) is 22.1. The van der Waals surface area contributed by atoms with Crippen LogP contribution in [-0.4, -0.2) is 115 Å². The molecule has 0 atom stereocenters. The van der Waals surface area contributed by atoms with Crippen molar-refractivity contribution in [1.29, 1.82) is 0 Å². The van der Waals surface area contributed by atoms with Crippen LogP contribution in [0.3, 0.4) is 0 Å². The first-order chi connectivity index (χ1) is 17.3. The zero-order valence-corrected chi connectivity index (χ0v) is 22.1. The molecule has 37 heavy (non-hydrogen) atoms. The van der Waals surface area contributed by atoms with Crippen LogP contribution in [0, 0.1) is 10.1 Å².